The van der Waals surface area contributed by atoms with E-state index in [-0.39, 0.29) is 12.2 Å². The standard InChI is InChI=1S/C20H19NO6/c1-25-14-5-3-12(4-6-14)9-16(20(23)24)21-19(22)18-11-13-10-15(26-2)7-8-17(13)27-18/h3-8,10-11,16H,9H2,1-2H3,(H,21,22)(H,23,24)/t16-/m0/s1. The van der Waals surface area contributed by atoms with Crippen molar-refractivity contribution in [2.24, 2.45) is 0 Å². The number of rotatable bonds is 7. The van der Waals surface area contributed by atoms with E-state index in [1.807, 2.05) is 0 Å². The fourth-order valence-electron chi connectivity index (χ4n) is 2.69. The number of furan rings is 1. The van der Waals surface area contributed by atoms with Crippen LogP contribution >= 0.6 is 0 Å². The van der Waals surface area contributed by atoms with Crippen molar-refractivity contribution in [3.8, 4) is 11.5 Å². The topological polar surface area (TPSA) is 98.0 Å². The molecule has 2 aromatic carbocycles. The molecule has 0 aliphatic carbocycles. The number of amides is 1. The van der Waals surface area contributed by atoms with Crippen molar-refractivity contribution >= 4 is 22.8 Å². The zero-order valence-electron chi connectivity index (χ0n) is 14.9. The summed E-state index contributed by atoms with van der Waals surface area (Å²) in [6.07, 6.45) is 0.138. The molecule has 1 amide bonds. The second-order valence-electron chi connectivity index (χ2n) is 5.93. The van der Waals surface area contributed by atoms with Crippen LogP contribution in [0.15, 0.2) is 52.9 Å². The Bertz CT molecular complexity index is 960. The van der Waals surface area contributed by atoms with Crippen LogP contribution in [0.1, 0.15) is 16.1 Å². The summed E-state index contributed by atoms with van der Waals surface area (Å²) in [5.41, 5.74) is 1.28. The molecule has 1 heterocycles. The fourth-order valence-corrected chi connectivity index (χ4v) is 2.69. The van der Waals surface area contributed by atoms with E-state index in [1.54, 1.807) is 62.8 Å². The van der Waals surface area contributed by atoms with Crippen molar-refractivity contribution in [2.45, 2.75) is 12.5 Å². The molecule has 3 rings (SSSR count). The van der Waals surface area contributed by atoms with Gasteiger partial charge in [0, 0.05) is 11.8 Å². The fraction of sp³-hybridized carbons (Fsp3) is 0.200. The minimum absolute atomic E-state index is 0.0410. The van der Waals surface area contributed by atoms with Gasteiger partial charge in [0.1, 0.15) is 23.1 Å². The van der Waals surface area contributed by atoms with Gasteiger partial charge in [-0.25, -0.2) is 4.79 Å². The van der Waals surface area contributed by atoms with Gasteiger partial charge in [0.05, 0.1) is 14.2 Å². The Balaban J connectivity index is 1.75. The molecule has 0 bridgehead atoms. The number of carboxylic acid groups (broad SMARTS) is 1. The second-order valence-corrected chi connectivity index (χ2v) is 5.93. The number of carboxylic acids is 1. The van der Waals surface area contributed by atoms with Gasteiger partial charge < -0.3 is 24.3 Å². The lowest BCUT2D eigenvalue weighted by atomic mass is 10.1. The van der Waals surface area contributed by atoms with Crippen molar-refractivity contribution in [3.05, 3.63) is 59.9 Å². The van der Waals surface area contributed by atoms with Crippen LogP contribution in [0.4, 0.5) is 0 Å². The molecule has 0 unspecified atom stereocenters. The summed E-state index contributed by atoms with van der Waals surface area (Å²) in [6.45, 7) is 0. The zero-order chi connectivity index (χ0) is 19.4. The Morgan fingerprint density at radius 2 is 1.70 bits per heavy atom. The number of aliphatic carboxylic acids is 1. The molecule has 27 heavy (non-hydrogen) atoms. The van der Waals surface area contributed by atoms with Crippen LogP contribution in [-0.2, 0) is 11.2 Å². The van der Waals surface area contributed by atoms with Gasteiger partial charge in [-0.15, -0.1) is 0 Å². The largest absolute Gasteiger partial charge is 0.497 e. The SMILES string of the molecule is COc1ccc(C[C@H](NC(=O)c2cc3cc(OC)ccc3o2)C(=O)O)cc1. The van der Waals surface area contributed by atoms with Crippen molar-refractivity contribution in [1.82, 2.24) is 5.32 Å². The third-order valence-corrected chi connectivity index (χ3v) is 4.15. The molecular formula is C20H19NO6. The van der Waals surface area contributed by atoms with Crippen LogP contribution in [0, 0.1) is 0 Å². The third-order valence-electron chi connectivity index (χ3n) is 4.15. The lowest BCUT2D eigenvalue weighted by Crippen LogP contribution is -2.42. The van der Waals surface area contributed by atoms with Crippen molar-refractivity contribution in [1.29, 1.82) is 0 Å². The third kappa shape index (κ3) is 4.20. The second kappa shape index (κ2) is 7.82. The lowest BCUT2D eigenvalue weighted by molar-refractivity contribution is -0.139. The highest BCUT2D eigenvalue weighted by Crippen LogP contribution is 2.24. The first kappa shape index (κ1) is 18.3. The molecule has 1 aromatic heterocycles. The minimum Gasteiger partial charge on any atom is -0.497 e. The average molecular weight is 369 g/mol. The molecule has 7 nitrogen and oxygen atoms in total. The average Bonchev–Trinajstić information content (AvgIpc) is 3.11. The van der Waals surface area contributed by atoms with Gasteiger partial charge in [0.15, 0.2) is 5.76 Å². The maximum atomic E-state index is 12.5. The summed E-state index contributed by atoms with van der Waals surface area (Å²) in [6, 6.07) is 12.6. The monoisotopic (exact) mass is 369 g/mol. The quantitative estimate of drug-likeness (QED) is 0.665. The highest BCUT2D eigenvalue weighted by Gasteiger charge is 2.23. The number of carbonyl (C=O) groups excluding carboxylic acids is 1. The number of ether oxygens (including phenoxy) is 2. The summed E-state index contributed by atoms with van der Waals surface area (Å²) in [7, 11) is 3.10. The van der Waals surface area contributed by atoms with E-state index in [0.717, 1.165) is 5.56 Å². The first-order valence-corrected chi connectivity index (χ1v) is 8.24. The number of methoxy groups -OCH3 is 2. The van der Waals surface area contributed by atoms with Crippen LogP contribution in [0.3, 0.4) is 0 Å². The lowest BCUT2D eigenvalue weighted by Gasteiger charge is -2.14. The summed E-state index contributed by atoms with van der Waals surface area (Å²) >= 11 is 0. The molecule has 0 fully saturated rings. The Labute approximate surface area is 155 Å². The van der Waals surface area contributed by atoms with Crippen LogP contribution < -0.4 is 14.8 Å². The number of fused-ring (bicyclic) bond motifs is 1. The Morgan fingerprint density at radius 3 is 2.33 bits per heavy atom. The van der Waals surface area contributed by atoms with Crippen molar-refractivity contribution < 1.29 is 28.6 Å². The molecular weight excluding hydrogens is 350 g/mol. The van der Waals surface area contributed by atoms with Crippen LogP contribution in [-0.4, -0.2) is 37.2 Å². The predicted molar refractivity (Wildman–Crippen MR) is 98.4 cm³/mol. The molecule has 1 atom stereocenters. The number of nitrogens with one attached hydrogen (secondary N) is 1. The molecule has 0 aliphatic rings. The highest BCUT2D eigenvalue weighted by molar-refractivity contribution is 5.98. The molecule has 0 saturated carbocycles. The molecule has 0 aliphatic heterocycles. The van der Waals surface area contributed by atoms with Crippen LogP contribution in [0.25, 0.3) is 11.0 Å². The highest BCUT2D eigenvalue weighted by atomic mass is 16.5. The Kier molecular flexibility index (Phi) is 5.30. The van der Waals surface area contributed by atoms with Gasteiger partial charge >= 0.3 is 5.97 Å². The summed E-state index contributed by atoms with van der Waals surface area (Å²) in [4.78, 5) is 24.0. The van der Waals surface area contributed by atoms with E-state index in [0.29, 0.717) is 22.5 Å². The van der Waals surface area contributed by atoms with Gasteiger partial charge in [0.2, 0.25) is 0 Å². The van der Waals surface area contributed by atoms with Gasteiger partial charge in [0.25, 0.3) is 5.91 Å². The van der Waals surface area contributed by atoms with Gasteiger partial charge in [-0.3, -0.25) is 4.79 Å². The number of hydrogen-bond acceptors (Lipinski definition) is 5. The maximum Gasteiger partial charge on any atom is 0.326 e. The smallest absolute Gasteiger partial charge is 0.326 e. The van der Waals surface area contributed by atoms with E-state index in [4.69, 9.17) is 13.9 Å². The molecule has 0 spiro atoms. The minimum atomic E-state index is -1.13. The molecule has 2 N–H and O–H groups in total. The Morgan fingerprint density at radius 1 is 1.04 bits per heavy atom. The first-order chi connectivity index (χ1) is 13.0. The van der Waals surface area contributed by atoms with E-state index < -0.39 is 17.9 Å². The van der Waals surface area contributed by atoms with Crippen molar-refractivity contribution in [3.63, 3.8) is 0 Å². The van der Waals surface area contributed by atoms with E-state index >= 15 is 0 Å². The van der Waals surface area contributed by atoms with Crippen LogP contribution in [0.2, 0.25) is 0 Å². The maximum absolute atomic E-state index is 12.5. The number of benzene rings is 2. The Hall–Kier alpha value is -3.48. The number of carbonyl (C=O) groups is 2. The molecule has 0 saturated heterocycles. The molecule has 0 radical (unpaired) electrons. The zero-order valence-corrected chi connectivity index (χ0v) is 14.9. The molecule has 7 heteroatoms. The van der Waals surface area contributed by atoms with E-state index in [9.17, 15) is 14.7 Å². The summed E-state index contributed by atoms with van der Waals surface area (Å²) in [5, 5.41) is 12.7. The van der Waals surface area contributed by atoms with E-state index in [2.05, 4.69) is 5.32 Å². The normalized spacial score (nSPS) is 11.8. The van der Waals surface area contributed by atoms with Crippen LogP contribution in [0.5, 0.6) is 11.5 Å². The van der Waals surface area contributed by atoms with Crippen molar-refractivity contribution in [2.75, 3.05) is 14.2 Å². The summed E-state index contributed by atoms with van der Waals surface area (Å²) in [5.74, 6) is -0.368. The van der Waals surface area contributed by atoms with Gasteiger partial charge in [-0.2, -0.15) is 0 Å². The first-order valence-electron chi connectivity index (χ1n) is 8.24. The van der Waals surface area contributed by atoms with Gasteiger partial charge in [-0.05, 0) is 42.0 Å². The van der Waals surface area contributed by atoms with Gasteiger partial charge in [-0.1, -0.05) is 12.1 Å². The number of hydrogen-bond donors (Lipinski definition) is 2. The molecule has 3 aromatic rings. The molecule has 140 valence electrons. The predicted octanol–water partition coefficient (Wildman–Crippen LogP) is 2.88. The summed E-state index contributed by atoms with van der Waals surface area (Å²) < 4.78 is 15.7. The van der Waals surface area contributed by atoms with E-state index in [1.165, 1.54) is 0 Å².